The van der Waals surface area contributed by atoms with E-state index < -0.39 is 5.54 Å². The third-order valence-corrected chi connectivity index (χ3v) is 8.01. The van der Waals surface area contributed by atoms with Crippen molar-refractivity contribution in [2.24, 2.45) is 0 Å². The van der Waals surface area contributed by atoms with E-state index in [-0.39, 0.29) is 36.0 Å². The van der Waals surface area contributed by atoms with Crippen LogP contribution in [0.25, 0.3) is 0 Å². The third kappa shape index (κ3) is 5.69. The molecule has 3 heterocycles. The van der Waals surface area contributed by atoms with Crippen LogP contribution >= 0.6 is 0 Å². The molecule has 1 aromatic heterocycles. The molecule has 2 N–H and O–H groups in total. The van der Waals surface area contributed by atoms with Gasteiger partial charge in [-0.05, 0) is 39.3 Å². The fourth-order valence-corrected chi connectivity index (χ4v) is 5.35. The molecule has 2 aliphatic heterocycles. The molecule has 3 amide bonds. The Labute approximate surface area is 208 Å². The van der Waals surface area contributed by atoms with E-state index in [2.05, 4.69) is 32.5 Å². The van der Waals surface area contributed by atoms with E-state index in [1.165, 1.54) is 22.1 Å². The van der Waals surface area contributed by atoms with Crippen LogP contribution in [0.15, 0.2) is 6.07 Å². The molecular formula is C25H41N7O3. The number of nitrogens with one attached hydrogen (secondary N) is 2. The molecule has 0 aromatic carbocycles. The summed E-state index contributed by atoms with van der Waals surface area (Å²) in [7, 11) is 1.65. The number of carbonyl (C=O) groups excluding carboxylic acids is 3. The van der Waals surface area contributed by atoms with Gasteiger partial charge in [0.2, 0.25) is 5.91 Å². The largest absolute Gasteiger partial charge is 0.351 e. The molecular weight excluding hydrogens is 446 g/mol. The molecule has 1 saturated carbocycles. The summed E-state index contributed by atoms with van der Waals surface area (Å²) in [5, 5.41) is 10.5. The van der Waals surface area contributed by atoms with Crippen LogP contribution in [0, 0.1) is 0 Å². The minimum Gasteiger partial charge on any atom is -0.351 e. The van der Waals surface area contributed by atoms with Crippen molar-refractivity contribution in [1.82, 2.24) is 35.1 Å². The van der Waals surface area contributed by atoms with Gasteiger partial charge in [0, 0.05) is 51.9 Å². The molecule has 194 valence electrons. The lowest BCUT2D eigenvalue weighted by atomic mass is 9.92. The number of fused-ring (bicyclic) bond motifs is 1. The highest BCUT2D eigenvalue weighted by Gasteiger charge is 2.46. The normalized spacial score (nSPS) is 24.3. The summed E-state index contributed by atoms with van der Waals surface area (Å²) in [6.45, 7) is 11.1. The number of amides is 3. The predicted octanol–water partition coefficient (Wildman–Crippen LogP) is 0.934. The van der Waals surface area contributed by atoms with Gasteiger partial charge in [0.05, 0.1) is 6.54 Å². The lowest BCUT2D eigenvalue weighted by Gasteiger charge is -2.41. The lowest BCUT2D eigenvalue weighted by Crippen LogP contribution is -2.63. The van der Waals surface area contributed by atoms with Crippen molar-refractivity contribution >= 4 is 17.7 Å². The first kappa shape index (κ1) is 25.6. The van der Waals surface area contributed by atoms with Crippen molar-refractivity contribution < 1.29 is 14.4 Å². The highest BCUT2D eigenvalue weighted by atomic mass is 16.2. The number of likely N-dealkylation sites (N-methyl/N-ethyl adjacent to an activating group) is 2. The number of nitrogens with zero attached hydrogens (tertiary/aromatic N) is 5. The second kappa shape index (κ2) is 11.1. The molecule has 0 radical (unpaired) electrons. The minimum absolute atomic E-state index is 0.160. The zero-order valence-corrected chi connectivity index (χ0v) is 21.5. The van der Waals surface area contributed by atoms with Crippen LogP contribution in [0.4, 0.5) is 0 Å². The van der Waals surface area contributed by atoms with Crippen molar-refractivity contribution in [2.45, 2.75) is 70.5 Å². The van der Waals surface area contributed by atoms with Crippen LogP contribution in [0.1, 0.15) is 73.3 Å². The van der Waals surface area contributed by atoms with E-state index in [1.807, 2.05) is 0 Å². The second-order valence-corrected chi connectivity index (χ2v) is 10.4. The molecule has 0 spiro atoms. The van der Waals surface area contributed by atoms with E-state index in [0.717, 1.165) is 71.4 Å². The molecule has 3 aliphatic rings. The Bertz CT molecular complexity index is 918. The zero-order valence-electron chi connectivity index (χ0n) is 21.5. The van der Waals surface area contributed by atoms with Crippen LogP contribution in [-0.2, 0) is 11.3 Å². The fourth-order valence-electron chi connectivity index (χ4n) is 5.35. The first-order valence-corrected chi connectivity index (χ1v) is 13.2. The van der Waals surface area contributed by atoms with Crippen molar-refractivity contribution in [2.75, 3.05) is 52.9 Å². The average Bonchev–Trinajstić information content (AvgIpc) is 3.30. The number of carbonyl (C=O) groups is 3. The van der Waals surface area contributed by atoms with Crippen molar-refractivity contribution in [1.29, 1.82) is 0 Å². The highest BCUT2D eigenvalue weighted by molar-refractivity contribution is 6.01. The van der Waals surface area contributed by atoms with E-state index in [1.54, 1.807) is 14.0 Å². The van der Waals surface area contributed by atoms with E-state index in [4.69, 9.17) is 0 Å². The van der Waals surface area contributed by atoms with Crippen molar-refractivity contribution in [3.05, 3.63) is 17.5 Å². The molecule has 0 bridgehead atoms. The number of hydrogen-bond acceptors (Lipinski definition) is 6. The molecule has 2 fully saturated rings. The summed E-state index contributed by atoms with van der Waals surface area (Å²) in [5.41, 5.74) is -0.493. The Balaban J connectivity index is 1.31. The Morgan fingerprint density at radius 3 is 2.49 bits per heavy atom. The maximum atomic E-state index is 13.2. The van der Waals surface area contributed by atoms with Gasteiger partial charge in [-0.3, -0.25) is 19.1 Å². The number of aromatic nitrogens is 2. The van der Waals surface area contributed by atoms with Crippen LogP contribution in [0.2, 0.25) is 0 Å². The SMILES string of the molecule is CCN1CCN(CCCNC(=O)c2cc3n(n2)C[C@@](C)(C(=O)NC2CCCCC2)N(C)C3=O)CC1. The van der Waals surface area contributed by atoms with E-state index in [9.17, 15) is 14.4 Å². The lowest BCUT2D eigenvalue weighted by molar-refractivity contribution is -0.133. The maximum Gasteiger partial charge on any atom is 0.272 e. The molecule has 0 unspecified atom stereocenters. The average molecular weight is 488 g/mol. The smallest absolute Gasteiger partial charge is 0.272 e. The van der Waals surface area contributed by atoms with Crippen molar-refractivity contribution in [3.63, 3.8) is 0 Å². The minimum atomic E-state index is -1.05. The van der Waals surface area contributed by atoms with E-state index in [0.29, 0.717) is 12.2 Å². The van der Waals surface area contributed by atoms with E-state index >= 15 is 0 Å². The third-order valence-electron chi connectivity index (χ3n) is 8.01. The van der Waals surface area contributed by atoms with Crippen molar-refractivity contribution in [3.8, 4) is 0 Å². The summed E-state index contributed by atoms with van der Waals surface area (Å²) in [4.78, 5) is 45.4. The summed E-state index contributed by atoms with van der Waals surface area (Å²) in [6.07, 6.45) is 6.27. The Morgan fingerprint density at radius 2 is 1.80 bits per heavy atom. The summed E-state index contributed by atoms with van der Waals surface area (Å²) >= 11 is 0. The maximum absolute atomic E-state index is 13.2. The molecule has 1 aromatic rings. The molecule has 1 atom stereocenters. The van der Waals surface area contributed by atoms with Crippen LogP contribution in [0.3, 0.4) is 0 Å². The van der Waals surface area contributed by atoms with Gasteiger partial charge >= 0.3 is 0 Å². The van der Waals surface area contributed by atoms with Gasteiger partial charge in [0.15, 0.2) is 5.69 Å². The molecule has 1 aliphatic carbocycles. The standard InChI is InChI=1S/C25H41N7O3/c1-4-30-13-15-31(16-14-30)12-8-11-26-22(33)20-17-21-23(34)29(3)25(2,18-32(21)28-20)24(35)27-19-9-6-5-7-10-19/h17,19H,4-16,18H2,1-3H3,(H,26,33)(H,27,35)/t25-/m0/s1. The van der Waals surface area contributed by atoms with Crippen LogP contribution in [0.5, 0.6) is 0 Å². The Morgan fingerprint density at radius 1 is 1.11 bits per heavy atom. The summed E-state index contributed by atoms with van der Waals surface area (Å²) < 4.78 is 1.52. The second-order valence-electron chi connectivity index (χ2n) is 10.4. The monoisotopic (exact) mass is 487 g/mol. The topological polar surface area (TPSA) is 103 Å². The predicted molar refractivity (Wildman–Crippen MR) is 133 cm³/mol. The molecule has 4 rings (SSSR count). The molecule has 1 saturated heterocycles. The van der Waals surface area contributed by atoms with Gasteiger partial charge in [-0.25, -0.2) is 0 Å². The molecule has 35 heavy (non-hydrogen) atoms. The zero-order chi connectivity index (χ0) is 25.0. The van der Waals surface area contributed by atoms with Gasteiger partial charge < -0.3 is 25.3 Å². The van der Waals surface area contributed by atoms with Crippen LogP contribution < -0.4 is 10.6 Å². The van der Waals surface area contributed by atoms with Gasteiger partial charge in [0.1, 0.15) is 11.2 Å². The Kier molecular flexibility index (Phi) is 8.11. The first-order chi connectivity index (χ1) is 16.8. The van der Waals surface area contributed by atoms with Gasteiger partial charge in [-0.2, -0.15) is 5.10 Å². The van der Waals surface area contributed by atoms with Gasteiger partial charge in [-0.1, -0.05) is 26.2 Å². The first-order valence-electron chi connectivity index (χ1n) is 13.2. The quantitative estimate of drug-likeness (QED) is 0.529. The van der Waals surface area contributed by atoms with Gasteiger partial charge in [-0.15, -0.1) is 0 Å². The number of hydrogen-bond donors (Lipinski definition) is 2. The number of piperazine rings is 1. The highest BCUT2D eigenvalue weighted by Crippen LogP contribution is 2.27. The molecule has 10 heteroatoms. The summed E-state index contributed by atoms with van der Waals surface area (Å²) in [6, 6.07) is 1.70. The molecule has 10 nitrogen and oxygen atoms in total. The number of rotatable bonds is 8. The Hall–Kier alpha value is -2.46. The fraction of sp³-hybridized carbons (Fsp3) is 0.760. The van der Waals surface area contributed by atoms with Crippen LogP contribution in [-0.4, -0.2) is 107 Å². The summed E-state index contributed by atoms with van der Waals surface area (Å²) in [5.74, 6) is -0.742. The van der Waals surface area contributed by atoms with Gasteiger partial charge in [0.25, 0.3) is 11.8 Å².